The topological polar surface area (TPSA) is 49.3 Å². The minimum absolute atomic E-state index is 0.165. The molecule has 1 rings (SSSR count). The van der Waals surface area contributed by atoms with E-state index in [2.05, 4.69) is 50.4 Å². The van der Waals surface area contributed by atoms with E-state index in [1.165, 1.54) is 5.56 Å². The van der Waals surface area contributed by atoms with Crippen molar-refractivity contribution in [3.05, 3.63) is 35.4 Å². The summed E-state index contributed by atoms with van der Waals surface area (Å²) in [6.45, 7) is 6.99. The van der Waals surface area contributed by atoms with E-state index in [0.717, 1.165) is 12.0 Å². The van der Waals surface area contributed by atoms with Crippen molar-refractivity contribution in [3.8, 4) is 0 Å². The summed E-state index contributed by atoms with van der Waals surface area (Å²) < 4.78 is 0. The van der Waals surface area contributed by atoms with E-state index in [1.807, 2.05) is 0 Å². The van der Waals surface area contributed by atoms with Gasteiger partial charge in [0.25, 0.3) is 0 Å². The molecule has 1 amide bonds. The summed E-state index contributed by atoms with van der Waals surface area (Å²) in [4.78, 5) is 10.3. The molecule has 88 valence electrons. The van der Waals surface area contributed by atoms with Gasteiger partial charge in [-0.15, -0.1) is 0 Å². The lowest BCUT2D eigenvalue weighted by atomic mass is 9.86. The smallest absolute Gasteiger partial charge is 0.404 e. The summed E-state index contributed by atoms with van der Waals surface area (Å²) in [6, 6.07) is 8.33. The highest BCUT2D eigenvalue weighted by atomic mass is 16.4. The molecule has 1 aromatic carbocycles. The molecule has 0 aliphatic heterocycles. The van der Waals surface area contributed by atoms with Gasteiger partial charge in [0, 0.05) is 6.54 Å². The zero-order chi connectivity index (χ0) is 12.2. The van der Waals surface area contributed by atoms with Gasteiger partial charge in [-0.05, 0) is 23.0 Å². The van der Waals surface area contributed by atoms with Gasteiger partial charge < -0.3 is 10.4 Å². The van der Waals surface area contributed by atoms with Crippen LogP contribution in [0.3, 0.4) is 0 Å². The molecule has 2 N–H and O–H groups in total. The van der Waals surface area contributed by atoms with E-state index in [9.17, 15) is 4.79 Å². The average Bonchev–Trinajstić information content (AvgIpc) is 2.16. The molecule has 0 aliphatic carbocycles. The summed E-state index contributed by atoms with van der Waals surface area (Å²) in [6.07, 6.45) is -0.234. The highest BCUT2D eigenvalue weighted by Gasteiger charge is 2.12. The lowest BCUT2D eigenvalue weighted by molar-refractivity contribution is 0.194. The van der Waals surface area contributed by atoms with Crippen molar-refractivity contribution in [3.63, 3.8) is 0 Å². The summed E-state index contributed by atoms with van der Waals surface area (Å²) in [7, 11) is 0. The molecular weight excluding hydrogens is 202 g/mol. The van der Waals surface area contributed by atoms with Crippen LogP contribution in [0.4, 0.5) is 4.79 Å². The molecule has 0 unspecified atom stereocenters. The lowest BCUT2D eigenvalue weighted by Gasteiger charge is -2.19. The van der Waals surface area contributed by atoms with Crippen molar-refractivity contribution >= 4 is 6.09 Å². The normalized spacial score (nSPS) is 11.2. The lowest BCUT2D eigenvalue weighted by Crippen LogP contribution is -2.23. The summed E-state index contributed by atoms with van der Waals surface area (Å²) in [5.74, 6) is 0. The molecule has 0 heterocycles. The quantitative estimate of drug-likeness (QED) is 0.824. The van der Waals surface area contributed by atoms with Crippen LogP contribution >= 0.6 is 0 Å². The molecule has 0 spiro atoms. The average molecular weight is 221 g/mol. The maximum Gasteiger partial charge on any atom is 0.404 e. The minimum Gasteiger partial charge on any atom is -0.465 e. The number of carboxylic acid groups (broad SMARTS) is 1. The molecule has 0 radical (unpaired) electrons. The Morgan fingerprint density at radius 3 is 2.25 bits per heavy atom. The summed E-state index contributed by atoms with van der Waals surface area (Å²) >= 11 is 0. The monoisotopic (exact) mass is 221 g/mol. The number of carbonyl (C=O) groups is 1. The van der Waals surface area contributed by atoms with E-state index in [-0.39, 0.29) is 5.41 Å². The van der Waals surface area contributed by atoms with Crippen molar-refractivity contribution in [1.82, 2.24) is 5.32 Å². The number of amides is 1. The van der Waals surface area contributed by atoms with Gasteiger partial charge in [-0.2, -0.15) is 0 Å². The first-order chi connectivity index (χ1) is 7.39. The fourth-order valence-electron chi connectivity index (χ4n) is 1.49. The Balaban J connectivity index is 2.55. The van der Waals surface area contributed by atoms with Gasteiger partial charge in [0.05, 0.1) is 0 Å². The Kier molecular flexibility index (Phi) is 3.93. The van der Waals surface area contributed by atoms with Crippen LogP contribution in [0.25, 0.3) is 0 Å². The van der Waals surface area contributed by atoms with Crippen molar-refractivity contribution in [1.29, 1.82) is 0 Å². The molecule has 0 aromatic heterocycles. The molecule has 0 saturated heterocycles. The van der Waals surface area contributed by atoms with Crippen molar-refractivity contribution < 1.29 is 9.90 Å². The van der Waals surface area contributed by atoms with E-state index in [1.54, 1.807) is 0 Å². The first kappa shape index (κ1) is 12.6. The predicted octanol–water partition coefficient (Wildman–Crippen LogP) is 2.79. The van der Waals surface area contributed by atoms with Crippen molar-refractivity contribution in [2.45, 2.75) is 32.6 Å². The Morgan fingerprint density at radius 1 is 1.25 bits per heavy atom. The van der Waals surface area contributed by atoms with Gasteiger partial charge >= 0.3 is 6.09 Å². The van der Waals surface area contributed by atoms with Crippen LogP contribution in [0.15, 0.2) is 24.3 Å². The molecule has 1 aromatic rings. The summed E-state index contributed by atoms with van der Waals surface area (Å²) in [5, 5.41) is 10.8. The van der Waals surface area contributed by atoms with E-state index in [4.69, 9.17) is 5.11 Å². The zero-order valence-electron chi connectivity index (χ0n) is 10.1. The first-order valence-corrected chi connectivity index (χ1v) is 5.46. The molecule has 3 nitrogen and oxygen atoms in total. The van der Waals surface area contributed by atoms with Gasteiger partial charge in [-0.1, -0.05) is 45.0 Å². The van der Waals surface area contributed by atoms with E-state index < -0.39 is 6.09 Å². The van der Waals surface area contributed by atoms with Crippen LogP contribution in [0, 0.1) is 0 Å². The van der Waals surface area contributed by atoms with Crippen LogP contribution in [-0.4, -0.2) is 17.7 Å². The zero-order valence-corrected chi connectivity index (χ0v) is 10.1. The third kappa shape index (κ3) is 3.93. The molecule has 16 heavy (non-hydrogen) atoms. The van der Waals surface area contributed by atoms with Crippen LogP contribution in [-0.2, 0) is 11.8 Å². The Morgan fingerprint density at radius 2 is 1.81 bits per heavy atom. The second kappa shape index (κ2) is 5.01. The van der Waals surface area contributed by atoms with Gasteiger partial charge in [-0.25, -0.2) is 4.79 Å². The second-order valence-corrected chi connectivity index (χ2v) is 4.93. The third-order valence-electron chi connectivity index (χ3n) is 2.51. The minimum atomic E-state index is -0.966. The summed E-state index contributed by atoms with van der Waals surface area (Å²) in [5.41, 5.74) is 2.61. The van der Waals surface area contributed by atoms with Gasteiger partial charge in [0.1, 0.15) is 0 Å². The van der Waals surface area contributed by atoms with E-state index in [0.29, 0.717) is 6.54 Å². The fourth-order valence-corrected chi connectivity index (χ4v) is 1.49. The molecule has 0 fully saturated rings. The van der Waals surface area contributed by atoms with Gasteiger partial charge in [-0.3, -0.25) is 0 Å². The Labute approximate surface area is 96.5 Å². The molecule has 0 bridgehead atoms. The Hall–Kier alpha value is -1.51. The maximum atomic E-state index is 10.3. The molecule has 3 heteroatoms. The Bertz CT molecular complexity index is 349. The number of nitrogens with one attached hydrogen (secondary N) is 1. The third-order valence-corrected chi connectivity index (χ3v) is 2.51. The van der Waals surface area contributed by atoms with Crippen LogP contribution in [0.5, 0.6) is 0 Å². The fraction of sp³-hybridized carbons (Fsp3) is 0.462. The highest BCUT2D eigenvalue weighted by Crippen LogP contribution is 2.22. The standard InChI is InChI=1S/C13H19NO2/c1-13(2,3)11-6-4-10(5-7-11)8-9-14-12(15)16/h4-7,14H,8-9H2,1-3H3,(H,15,16). The van der Waals surface area contributed by atoms with Crippen molar-refractivity contribution in [2.24, 2.45) is 0 Å². The highest BCUT2D eigenvalue weighted by molar-refractivity contribution is 5.64. The molecule has 0 aliphatic rings. The van der Waals surface area contributed by atoms with E-state index >= 15 is 0 Å². The van der Waals surface area contributed by atoms with Crippen LogP contribution in [0.1, 0.15) is 31.9 Å². The maximum absolute atomic E-state index is 10.3. The predicted molar refractivity (Wildman–Crippen MR) is 64.9 cm³/mol. The molecule has 0 saturated carbocycles. The molecule has 0 atom stereocenters. The first-order valence-electron chi connectivity index (χ1n) is 5.46. The SMILES string of the molecule is CC(C)(C)c1ccc(CCNC(=O)O)cc1. The number of rotatable bonds is 3. The van der Waals surface area contributed by atoms with Crippen LogP contribution < -0.4 is 5.32 Å². The van der Waals surface area contributed by atoms with Crippen molar-refractivity contribution in [2.75, 3.05) is 6.54 Å². The van der Waals surface area contributed by atoms with Gasteiger partial charge in [0.15, 0.2) is 0 Å². The van der Waals surface area contributed by atoms with Crippen LogP contribution in [0.2, 0.25) is 0 Å². The largest absolute Gasteiger partial charge is 0.465 e. The number of benzene rings is 1. The number of hydrogen-bond donors (Lipinski definition) is 2. The number of hydrogen-bond acceptors (Lipinski definition) is 1. The second-order valence-electron chi connectivity index (χ2n) is 4.93. The molecular formula is C13H19NO2. The van der Waals surface area contributed by atoms with Gasteiger partial charge in [0.2, 0.25) is 0 Å².